The number of hydrogen-bond acceptors (Lipinski definition) is 7. The third-order valence-corrected chi connectivity index (χ3v) is 2.63. The van der Waals surface area contributed by atoms with E-state index < -0.39 is 17.7 Å². The minimum atomic E-state index is -0.681. The molecule has 1 amide bonds. The summed E-state index contributed by atoms with van der Waals surface area (Å²) in [7, 11) is 0. The molecule has 0 aliphatic rings. The number of ether oxygens (including phenoxy) is 2. The number of esters is 1. The van der Waals surface area contributed by atoms with E-state index in [-0.39, 0.29) is 18.4 Å². The average molecular weight is 333 g/mol. The molecule has 0 fully saturated rings. The summed E-state index contributed by atoms with van der Waals surface area (Å²) < 4.78 is 15.3. The fourth-order valence-corrected chi connectivity index (χ4v) is 1.77. The number of nitrogens with zero attached hydrogens (tertiary/aromatic N) is 2. The first-order valence-electron chi connectivity index (χ1n) is 7.39. The number of carbonyl (C=O) groups is 2. The minimum Gasteiger partial charge on any atom is -0.459 e. The first kappa shape index (κ1) is 17.5. The number of amides is 1. The van der Waals surface area contributed by atoms with Crippen molar-refractivity contribution in [1.82, 2.24) is 10.2 Å². The summed E-state index contributed by atoms with van der Waals surface area (Å²) in [5.74, 6) is -0.762. The number of anilines is 1. The van der Waals surface area contributed by atoms with Crippen molar-refractivity contribution < 1.29 is 23.5 Å². The van der Waals surface area contributed by atoms with E-state index in [2.05, 4.69) is 15.5 Å². The summed E-state index contributed by atoms with van der Waals surface area (Å²) in [6.07, 6.45) is -0.572. The van der Waals surface area contributed by atoms with E-state index >= 15 is 0 Å². The molecule has 0 bridgehead atoms. The molecule has 24 heavy (non-hydrogen) atoms. The van der Waals surface area contributed by atoms with Crippen molar-refractivity contribution in [2.24, 2.45) is 0 Å². The standard InChI is InChI=1S/C16H19N3O5/c1-5-22-14(20)13-19-18-12(23-13)10-7-6-8-11(9-10)17-15(21)24-16(2,3)4/h6-9H,5H2,1-4H3,(H,17,21). The van der Waals surface area contributed by atoms with Crippen LogP contribution in [-0.2, 0) is 9.47 Å². The van der Waals surface area contributed by atoms with E-state index in [9.17, 15) is 9.59 Å². The fourth-order valence-electron chi connectivity index (χ4n) is 1.77. The molecule has 0 spiro atoms. The molecular weight excluding hydrogens is 314 g/mol. The van der Waals surface area contributed by atoms with Crippen LogP contribution in [0.5, 0.6) is 0 Å². The van der Waals surface area contributed by atoms with Gasteiger partial charge in [-0.1, -0.05) is 6.07 Å². The normalized spacial score (nSPS) is 11.0. The Morgan fingerprint density at radius 3 is 2.67 bits per heavy atom. The van der Waals surface area contributed by atoms with Gasteiger partial charge >= 0.3 is 18.0 Å². The molecule has 8 heteroatoms. The third kappa shape index (κ3) is 4.80. The Kier molecular flexibility index (Phi) is 5.18. The highest BCUT2D eigenvalue weighted by Gasteiger charge is 2.18. The Labute approximate surface area is 139 Å². The van der Waals surface area contributed by atoms with Gasteiger partial charge in [-0.25, -0.2) is 9.59 Å². The summed E-state index contributed by atoms with van der Waals surface area (Å²) in [5, 5.41) is 10.1. The molecule has 128 valence electrons. The fraction of sp³-hybridized carbons (Fsp3) is 0.375. The highest BCUT2D eigenvalue weighted by molar-refractivity contribution is 5.86. The molecule has 1 aromatic carbocycles. The Hall–Kier alpha value is -2.90. The van der Waals surface area contributed by atoms with E-state index in [0.29, 0.717) is 11.3 Å². The van der Waals surface area contributed by atoms with E-state index in [0.717, 1.165) is 0 Å². The van der Waals surface area contributed by atoms with Crippen molar-refractivity contribution in [2.45, 2.75) is 33.3 Å². The van der Waals surface area contributed by atoms with Crippen LogP contribution in [0, 0.1) is 0 Å². The van der Waals surface area contributed by atoms with Gasteiger partial charge in [-0.2, -0.15) is 0 Å². The second-order valence-electron chi connectivity index (χ2n) is 5.84. The maximum absolute atomic E-state index is 11.8. The molecule has 1 N–H and O–H groups in total. The lowest BCUT2D eigenvalue weighted by molar-refractivity contribution is 0.0481. The minimum absolute atomic E-state index is 0.144. The van der Waals surface area contributed by atoms with Crippen molar-refractivity contribution in [3.8, 4) is 11.5 Å². The number of rotatable bonds is 4. The molecule has 2 rings (SSSR count). The monoisotopic (exact) mass is 333 g/mol. The quantitative estimate of drug-likeness (QED) is 0.856. The highest BCUT2D eigenvalue weighted by Crippen LogP contribution is 2.22. The predicted octanol–water partition coefficient (Wildman–Crippen LogP) is 3.26. The molecule has 0 aliphatic carbocycles. The summed E-state index contributed by atoms with van der Waals surface area (Å²) in [5.41, 5.74) is 0.451. The molecule has 1 aromatic heterocycles. The van der Waals surface area contributed by atoms with Crippen LogP contribution in [0.4, 0.5) is 10.5 Å². The molecule has 0 atom stereocenters. The summed E-state index contributed by atoms with van der Waals surface area (Å²) in [4.78, 5) is 23.3. The van der Waals surface area contributed by atoms with Crippen molar-refractivity contribution in [3.05, 3.63) is 30.2 Å². The highest BCUT2D eigenvalue weighted by atomic mass is 16.6. The Morgan fingerprint density at radius 1 is 1.25 bits per heavy atom. The summed E-state index contributed by atoms with van der Waals surface area (Å²) >= 11 is 0. The van der Waals surface area contributed by atoms with Crippen molar-refractivity contribution >= 4 is 17.7 Å². The molecular formula is C16H19N3O5. The zero-order valence-electron chi connectivity index (χ0n) is 14.0. The molecule has 1 heterocycles. The molecule has 0 saturated carbocycles. The van der Waals surface area contributed by atoms with Gasteiger partial charge in [0, 0.05) is 11.3 Å². The SMILES string of the molecule is CCOC(=O)c1nnc(-c2cccc(NC(=O)OC(C)(C)C)c2)o1. The van der Waals surface area contributed by atoms with Gasteiger partial charge in [-0.05, 0) is 45.9 Å². The van der Waals surface area contributed by atoms with Gasteiger partial charge in [0.15, 0.2) is 0 Å². The Bertz CT molecular complexity index is 733. The molecule has 2 aromatic rings. The van der Waals surface area contributed by atoms with Gasteiger partial charge in [0.25, 0.3) is 0 Å². The maximum atomic E-state index is 11.8. The van der Waals surface area contributed by atoms with Crippen molar-refractivity contribution in [2.75, 3.05) is 11.9 Å². The van der Waals surface area contributed by atoms with Crippen LogP contribution in [0.25, 0.3) is 11.5 Å². The van der Waals surface area contributed by atoms with Gasteiger partial charge in [0.05, 0.1) is 6.61 Å². The molecule has 0 radical (unpaired) electrons. The molecule has 0 aliphatic heterocycles. The van der Waals surface area contributed by atoms with Crippen LogP contribution in [0.15, 0.2) is 28.7 Å². The summed E-state index contributed by atoms with van der Waals surface area (Å²) in [6, 6.07) is 6.74. The van der Waals surface area contributed by atoms with Crippen LogP contribution >= 0.6 is 0 Å². The number of carbonyl (C=O) groups excluding carboxylic acids is 2. The number of nitrogens with one attached hydrogen (secondary N) is 1. The van der Waals surface area contributed by atoms with Crippen LogP contribution in [0.3, 0.4) is 0 Å². The lowest BCUT2D eigenvalue weighted by Crippen LogP contribution is -2.27. The Balaban J connectivity index is 2.13. The zero-order valence-corrected chi connectivity index (χ0v) is 14.0. The van der Waals surface area contributed by atoms with Crippen LogP contribution in [0.1, 0.15) is 38.4 Å². The van der Waals surface area contributed by atoms with E-state index in [1.54, 1.807) is 52.0 Å². The zero-order chi connectivity index (χ0) is 17.7. The first-order chi connectivity index (χ1) is 11.3. The van der Waals surface area contributed by atoms with Gasteiger partial charge < -0.3 is 13.9 Å². The number of benzene rings is 1. The van der Waals surface area contributed by atoms with E-state index in [1.807, 2.05) is 0 Å². The Morgan fingerprint density at radius 2 is 2.00 bits per heavy atom. The van der Waals surface area contributed by atoms with Crippen LogP contribution < -0.4 is 5.32 Å². The maximum Gasteiger partial charge on any atom is 0.412 e. The second kappa shape index (κ2) is 7.12. The third-order valence-electron chi connectivity index (χ3n) is 2.63. The topological polar surface area (TPSA) is 104 Å². The average Bonchev–Trinajstić information content (AvgIpc) is 2.95. The van der Waals surface area contributed by atoms with Gasteiger partial charge in [-0.15, -0.1) is 10.2 Å². The number of hydrogen-bond donors (Lipinski definition) is 1. The summed E-state index contributed by atoms with van der Waals surface area (Å²) in [6.45, 7) is 7.22. The van der Waals surface area contributed by atoms with Gasteiger partial charge in [0.2, 0.25) is 5.89 Å². The largest absolute Gasteiger partial charge is 0.459 e. The van der Waals surface area contributed by atoms with Crippen LogP contribution in [0.2, 0.25) is 0 Å². The number of aromatic nitrogens is 2. The van der Waals surface area contributed by atoms with Gasteiger partial charge in [0.1, 0.15) is 5.60 Å². The van der Waals surface area contributed by atoms with Crippen molar-refractivity contribution in [3.63, 3.8) is 0 Å². The molecule has 8 nitrogen and oxygen atoms in total. The smallest absolute Gasteiger partial charge is 0.412 e. The first-order valence-corrected chi connectivity index (χ1v) is 7.39. The van der Waals surface area contributed by atoms with E-state index in [4.69, 9.17) is 13.9 Å². The molecule has 0 saturated heterocycles. The van der Waals surface area contributed by atoms with Crippen molar-refractivity contribution in [1.29, 1.82) is 0 Å². The van der Waals surface area contributed by atoms with Gasteiger partial charge in [-0.3, -0.25) is 5.32 Å². The lowest BCUT2D eigenvalue weighted by atomic mass is 10.2. The van der Waals surface area contributed by atoms with E-state index in [1.165, 1.54) is 0 Å². The lowest BCUT2D eigenvalue weighted by Gasteiger charge is -2.19. The van der Waals surface area contributed by atoms with Crippen LogP contribution in [-0.4, -0.2) is 34.5 Å². The second-order valence-corrected chi connectivity index (χ2v) is 5.84. The molecule has 0 unspecified atom stereocenters. The predicted molar refractivity (Wildman–Crippen MR) is 85.5 cm³/mol.